The molecule has 0 aliphatic carbocycles. The lowest BCUT2D eigenvalue weighted by Gasteiger charge is -2.36. The van der Waals surface area contributed by atoms with E-state index in [9.17, 15) is 18.0 Å². The summed E-state index contributed by atoms with van der Waals surface area (Å²) in [5.74, 6) is -0.149. The van der Waals surface area contributed by atoms with Gasteiger partial charge in [0.15, 0.2) is 0 Å². The van der Waals surface area contributed by atoms with E-state index in [0.29, 0.717) is 42.2 Å². The number of rotatable bonds is 4. The van der Waals surface area contributed by atoms with E-state index in [1.54, 1.807) is 5.51 Å². The Labute approximate surface area is 168 Å². The number of hydrogen-bond acceptors (Lipinski definition) is 7. The number of alkyl halides is 3. The van der Waals surface area contributed by atoms with Crippen LogP contribution in [0.2, 0.25) is 0 Å². The Morgan fingerprint density at radius 2 is 1.97 bits per heavy atom. The number of hydrogen-bond donors (Lipinski definition) is 1. The summed E-state index contributed by atoms with van der Waals surface area (Å²) < 4.78 is 38.9. The predicted octanol–water partition coefficient (Wildman–Crippen LogP) is 2.87. The van der Waals surface area contributed by atoms with Crippen LogP contribution in [0.4, 0.5) is 24.0 Å². The number of carbonyl (C=O) groups excluding carboxylic acids is 1. The van der Waals surface area contributed by atoms with E-state index in [4.69, 9.17) is 0 Å². The third kappa shape index (κ3) is 4.46. The van der Waals surface area contributed by atoms with Crippen LogP contribution >= 0.6 is 11.3 Å². The number of pyridine rings is 1. The van der Waals surface area contributed by atoms with Gasteiger partial charge in [0, 0.05) is 43.4 Å². The molecule has 0 unspecified atom stereocenters. The first kappa shape index (κ1) is 19.5. The Bertz CT molecular complexity index is 1000. The van der Waals surface area contributed by atoms with Crippen molar-refractivity contribution in [2.24, 2.45) is 0 Å². The summed E-state index contributed by atoms with van der Waals surface area (Å²) in [4.78, 5) is 20.3. The zero-order valence-electron chi connectivity index (χ0n) is 15.2. The van der Waals surface area contributed by atoms with Crippen molar-refractivity contribution in [2.45, 2.75) is 6.18 Å². The number of aromatic nitrogens is 3. The average molecular weight is 422 g/mol. The zero-order chi connectivity index (χ0) is 20.4. The molecule has 0 radical (unpaired) electrons. The Kier molecular flexibility index (Phi) is 5.33. The highest BCUT2D eigenvalue weighted by atomic mass is 32.1. The van der Waals surface area contributed by atoms with Gasteiger partial charge < -0.3 is 4.90 Å². The highest BCUT2D eigenvalue weighted by molar-refractivity contribution is 7.13. The van der Waals surface area contributed by atoms with Crippen molar-refractivity contribution in [3.05, 3.63) is 41.5 Å². The molecule has 1 saturated heterocycles. The van der Waals surface area contributed by atoms with E-state index < -0.39 is 11.7 Å². The maximum atomic E-state index is 13.0. The number of nitrogens with zero attached hydrogens (tertiary/aromatic N) is 5. The third-order valence-electron chi connectivity index (χ3n) is 4.73. The van der Waals surface area contributed by atoms with E-state index in [2.05, 4.69) is 25.4 Å². The molecule has 2 aromatic heterocycles. The molecule has 4 rings (SSSR count). The molecule has 0 bridgehead atoms. The Hall–Kier alpha value is -2.79. The van der Waals surface area contributed by atoms with Crippen molar-refractivity contribution in [2.75, 3.05) is 42.9 Å². The second-order valence-corrected chi connectivity index (χ2v) is 7.45. The quantitative estimate of drug-likeness (QED) is 0.697. The largest absolute Gasteiger partial charge is 0.416 e. The molecule has 0 saturated carbocycles. The van der Waals surface area contributed by atoms with E-state index in [-0.39, 0.29) is 12.5 Å². The van der Waals surface area contributed by atoms with E-state index in [0.717, 1.165) is 17.8 Å². The van der Waals surface area contributed by atoms with Crippen LogP contribution in [0.3, 0.4) is 0 Å². The lowest BCUT2D eigenvalue weighted by molar-refractivity contribution is -0.137. The maximum absolute atomic E-state index is 13.0. The zero-order valence-corrected chi connectivity index (χ0v) is 16.0. The minimum absolute atomic E-state index is 0.149. The fraction of sp³-hybridized carbons (Fsp3) is 0.333. The van der Waals surface area contributed by atoms with Crippen LogP contribution in [0.1, 0.15) is 5.56 Å². The molecular weight excluding hydrogens is 405 g/mol. The Morgan fingerprint density at radius 3 is 2.66 bits per heavy atom. The van der Waals surface area contributed by atoms with Crippen LogP contribution in [-0.4, -0.2) is 58.7 Å². The Morgan fingerprint density at radius 1 is 1.17 bits per heavy atom. The van der Waals surface area contributed by atoms with E-state index in [1.807, 2.05) is 11.0 Å². The molecule has 3 heterocycles. The average Bonchev–Trinajstić information content (AvgIpc) is 3.20. The lowest BCUT2D eigenvalue weighted by atomic mass is 10.1. The van der Waals surface area contributed by atoms with E-state index in [1.165, 1.54) is 23.6 Å². The first-order valence-corrected chi connectivity index (χ1v) is 9.77. The van der Waals surface area contributed by atoms with Gasteiger partial charge in [-0.3, -0.25) is 20.0 Å². The minimum atomic E-state index is -4.40. The van der Waals surface area contributed by atoms with Gasteiger partial charge in [-0.25, -0.2) is 0 Å². The number of benzene rings is 1. The highest BCUT2D eigenvalue weighted by Crippen LogP contribution is 2.33. The van der Waals surface area contributed by atoms with Gasteiger partial charge in [-0.2, -0.15) is 13.2 Å². The van der Waals surface area contributed by atoms with Gasteiger partial charge in [-0.1, -0.05) is 17.4 Å². The molecule has 0 atom stereocenters. The fourth-order valence-corrected chi connectivity index (χ4v) is 3.78. The number of anilines is 2. The van der Waals surface area contributed by atoms with Crippen molar-refractivity contribution in [3.8, 4) is 0 Å². The molecule has 3 aromatic rings. The van der Waals surface area contributed by atoms with Gasteiger partial charge in [-0.05, 0) is 18.2 Å². The van der Waals surface area contributed by atoms with Gasteiger partial charge in [0.1, 0.15) is 5.51 Å². The van der Waals surface area contributed by atoms with Crippen molar-refractivity contribution in [3.63, 3.8) is 0 Å². The molecule has 29 heavy (non-hydrogen) atoms. The summed E-state index contributed by atoms with van der Waals surface area (Å²) in [5.41, 5.74) is 2.00. The molecule has 1 aliphatic rings. The van der Waals surface area contributed by atoms with Gasteiger partial charge in [0.05, 0.1) is 17.6 Å². The van der Waals surface area contributed by atoms with Gasteiger partial charge in [-0.15, -0.1) is 10.2 Å². The molecule has 1 aromatic carbocycles. The number of piperazine rings is 1. The third-order valence-corrected chi connectivity index (χ3v) is 5.34. The monoisotopic (exact) mass is 422 g/mol. The molecule has 7 nitrogen and oxygen atoms in total. The van der Waals surface area contributed by atoms with Crippen LogP contribution in [0.25, 0.3) is 10.9 Å². The number of halogens is 3. The summed E-state index contributed by atoms with van der Waals surface area (Å²) in [7, 11) is 0. The fourth-order valence-electron chi connectivity index (χ4n) is 3.32. The molecule has 1 amide bonds. The summed E-state index contributed by atoms with van der Waals surface area (Å²) in [6, 6.07) is 5.45. The van der Waals surface area contributed by atoms with Crippen LogP contribution in [-0.2, 0) is 11.0 Å². The first-order chi connectivity index (χ1) is 13.9. The molecule has 1 N–H and O–H groups in total. The summed E-state index contributed by atoms with van der Waals surface area (Å²) >= 11 is 1.26. The van der Waals surface area contributed by atoms with Crippen LogP contribution in [0.15, 0.2) is 36.0 Å². The van der Waals surface area contributed by atoms with E-state index >= 15 is 0 Å². The highest BCUT2D eigenvalue weighted by Gasteiger charge is 2.31. The van der Waals surface area contributed by atoms with Crippen molar-refractivity contribution in [1.29, 1.82) is 0 Å². The summed E-state index contributed by atoms with van der Waals surface area (Å²) in [6.07, 6.45) is -2.87. The van der Waals surface area contributed by atoms with Crippen molar-refractivity contribution in [1.82, 2.24) is 20.1 Å². The molecule has 152 valence electrons. The minimum Gasteiger partial charge on any atom is -0.368 e. The second-order valence-electron chi connectivity index (χ2n) is 6.62. The van der Waals surface area contributed by atoms with Crippen LogP contribution < -0.4 is 10.2 Å². The normalized spacial score (nSPS) is 15.6. The maximum Gasteiger partial charge on any atom is 0.416 e. The summed E-state index contributed by atoms with van der Waals surface area (Å²) in [5, 5.41) is 11.3. The van der Waals surface area contributed by atoms with Gasteiger partial charge >= 0.3 is 6.18 Å². The lowest BCUT2D eigenvalue weighted by Crippen LogP contribution is -2.48. The van der Waals surface area contributed by atoms with Crippen molar-refractivity contribution < 1.29 is 18.0 Å². The number of amides is 1. The standard InChI is InChI=1S/C18H17F3N6OS/c19-18(20,21)12-1-2-13-14(9-12)22-4-3-15(13)27-7-5-26(6-8-27)10-16(28)24-17-25-23-11-29-17/h1-4,9,11H,5-8,10H2,(H,24,25,28). The molecule has 1 fully saturated rings. The topological polar surface area (TPSA) is 74.2 Å². The van der Waals surface area contributed by atoms with Crippen LogP contribution in [0, 0.1) is 0 Å². The number of nitrogens with one attached hydrogen (secondary N) is 1. The van der Waals surface area contributed by atoms with Crippen LogP contribution in [0.5, 0.6) is 0 Å². The molecular formula is C18H17F3N6OS. The second kappa shape index (κ2) is 7.91. The Balaban J connectivity index is 1.42. The van der Waals surface area contributed by atoms with Gasteiger partial charge in [0.25, 0.3) is 0 Å². The molecule has 0 spiro atoms. The van der Waals surface area contributed by atoms with Crippen molar-refractivity contribution >= 4 is 39.0 Å². The molecule has 1 aliphatic heterocycles. The molecule has 11 heteroatoms. The summed E-state index contributed by atoms with van der Waals surface area (Å²) in [6.45, 7) is 2.89. The SMILES string of the molecule is O=C(CN1CCN(c2ccnc3cc(C(F)(F)F)ccc23)CC1)Nc1nncs1. The number of carbonyl (C=O) groups is 1. The van der Waals surface area contributed by atoms with Gasteiger partial charge in [0.2, 0.25) is 11.0 Å². The predicted molar refractivity (Wildman–Crippen MR) is 104 cm³/mol. The number of fused-ring (bicyclic) bond motifs is 1. The smallest absolute Gasteiger partial charge is 0.368 e. The first-order valence-electron chi connectivity index (χ1n) is 8.89.